The van der Waals surface area contributed by atoms with Crippen molar-refractivity contribution in [2.45, 2.75) is 65.8 Å². The molecule has 2 atom stereocenters. The highest BCUT2D eigenvalue weighted by Gasteiger charge is 2.35. The predicted octanol–water partition coefficient (Wildman–Crippen LogP) is 4.49. The van der Waals surface area contributed by atoms with E-state index in [1.807, 2.05) is 0 Å². The third-order valence-electron chi connectivity index (χ3n) is 5.37. The number of hydrogen-bond donors (Lipinski definition) is 0. The Morgan fingerprint density at radius 2 is 1.83 bits per heavy atom. The molecule has 0 N–H and O–H groups in total. The molecule has 1 heterocycles. The zero-order chi connectivity index (χ0) is 13.2. The molecule has 1 saturated heterocycles. The van der Waals surface area contributed by atoms with Crippen molar-refractivity contribution >= 4 is 0 Å². The van der Waals surface area contributed by atoms with E-state index in [0.29, 0.717) is 5.41 Å². The van der Waals surface area contributed by atoms with Crippen molar-refractivity contribution in [3.8, 4) is 0 Å². The Kier molecular flexibility index (Phi) is 4.53. The fraction of sp³-hybridized carbons (Fsp3) is 0.882. The maximum absolute atomic E-state index is 2.64. The molecule has 2 rings (SSSR count). The zero-order valence-electron chi connectivity index (χ0n) is 12.8. The highest BCUT2D eigenvalue weighted by Crippen LogP contribution is 2.43. The van der Waals surface area contributed by atoms with Crippen molar-refractivity contribution in [1.82, 2.24) is 4.90 Å². The molecule has 104 valence electrons. The lowest BCUT2D eigenvalue weighted by Crippen LogP contribution is -2.42. The molecule has 0 saturated carbocycles. The van der Waals surface area contributed by atoms with Gasteiger partial charge in [-0.15, -0.1) is 0 Å². The van der Waals surface area contributed by atoms with Crippen molar-refractivity contribution in [2.24, 2.45) is 17.3 Å². The van der Waals surface area contributed by atoms with Crippen LogP contribution in [0.4, 0.5) is 0 Å². The van der Waals surface area contributed by atoms with Crippen LogP contribution >= 0.6 is 0 Å². The van der Waals surface area contributed by atoms with Crippen LogP contribution in [0.3, 0.4) is 0 Å². The summed E-state index contributed by atoms with van der Waals surface area (Å²) < 4.78 is 0. The Labute approximate surface area is 114 Å². The Hall–Kier alpha value is -0.300. The topological polar surface area (TPSA) is 3.24 Å². The molecule has 1 fully saturated rings. The summed E-state index contributed by atoms with van der Waals surface area (Å²) in [4.78, 5) is 2.64. The van der Waals surface area contributed by atoms with Gasteiger partial charge in [0.25, 0.3) is 0 Å². The molecule has 0 amide bonds. The first-order chi connectivity index (χ1) is 8.51. The molecule has 0 aromatic rings. The number of piperidine rings is 1. The number of nitrogens with zero attached hydrogens (tertiary/aromatic N) is 1. The van der Waals surface area contributed by atoms with Crippen LogP contribution in [0.25, 0.3) is 0 Å². The van der Waals surface area contributed by atoms with Gasteiger partial charge in [-0.25, -0.2) is 0 Å². The van der Waals surface area contributed by atoms with Crippen LogP contribution in [0.5, 0.6) is 0 Å². The second-order valence-corrected chi connectivity index (χ2v) is 7.14. The fourth-order valence-corrected chi connectivity index (χ4v) is 3.78. The third kappa shape index (κ3) is 3.17. The van der Waals surface area contributed by atoms with Gasteiger partial charge >= 0.3 is 0 Å². The summed E-state index contributed by atoms with van der Waals surface area (Å²) in [6, 6.07) is 0.725. The highest BCUT2D eigenvalue weighted by atomic mass is 15.1. The summed E-state index contributed by atoms with van der Waals surface area (Å²) in [6.07, 6.45) is 12.1. The highest BCUT2D eigenvalue weighted by molar-refractivity contribution is 5.05. The minimum atomic E-state index is 0.480. The molecule has 0 spiro atoms. The first-order valence-corrected chi connectivity index (χ1v) is 7.95. The maximum atomic E-state index is 2.64. The first-order valence-electron chi connectivity index (χ1n) is 7.95. The predicted molar refractivity (Wildman–Crippen MR) is 79.7 cm³/mol. The second kappa shape index (κ2) is 5.77. The van der Waals surface area contributed by atoms with Crippen LogP contribution in [0.15, 0.2) is 12.2 Å². The summed E-state index contributed by atoms with van der Waals surface area (Å²) in [5.74, 6) is 1.71. The van der Waals surface area contributed by atoms with Gasteiger partial charge in [-0.1, -0.05) is 32.4 Å². The van der Waals surface area contributed by atoms with Gasteiger partial charge in [-0.3, -0.25) is 0 Å². The van der Waals surface area contributed by atoms with E-state index in [1.54, 1.807) is 0 Å². The number of hydrogen-bond acceptors (Lipinski definition) is 1. The standard InChI is InChI=1S/C17H31N/c1-14(2)18-12-8-16(9-13-18)17(4)10-5-6-15(3)7-11-17/h7,11,14-16H,5-6,8-10,12-13H2,1-4H3. The lowest BCUT2D eigenvalue weighted by atomic mass is 9.69. The van der Waals surface area contributed by atoms with Crippen LogP contribution in [0, 0.1) is 17.3 Å². The Morgan fingerprint density at radius 3 is 2.44 bits per heavy atom. The summed E-state index contributed by atoms with van der Waals surface area (Å²) in [5.41, 5.74) is 0.480. The summed E-state index contributed by atoms with van der Waals surface area (Å²) in [6.45, 7) is 12.1. The summed E-state index contributed by atoms with van der Waals surface area (Å²) in [7, 11) is 0. The van der Waals surface area contributed by atoms with Gasteiger partial charge in [0, 0.05) is 6.04 Å². The Balaban J connectivity index is 1.97. The average Bonchev–Trinajstić information content (AvgIpc) is 2.53. The molecular formula is C17H31N. The summed E-state index contributed by atoms with van der Waals surface area (Å²) in [5, 5.41) is 0. The molecule has 0 radical (unpaired) electrons. The van der Waals surface area contributed by atoms with Gasteiger partial charge in [0.1, 0.15) is 0 Å². The van der Waals surface area contributed by atoms with Crippen molar-refractivity contribution in [2.75, 3.05) is 13.1 Å². The third-order valence-corrected chi connectivity index (χ3v) is 5.37. The van der Waals surface area contributed by atoms with Crippen molar-refractivity contribution in [3.05, 3.63) is 12.2 Å². The first kappa shape index (κ1) is 14.1. The monoisotopic (exact) mass is 249 g/mol. The second-order valence-electron chi connectivity index (χ2n) is 7.14. The molecular weight excluding hydrogens is 218 g/mol. The normalized spacial score (nSPS) is 35.9. The molecule has 0 aromatic carbocycles. The molecule has 1 aliphatic heterocycles. The van der Waals surface area contributed by atoms with Crippen molar-refractivity contribution in [1.29, 1.82) is 0 Å². The van der Waals surface area contributed by atoms with Gasteiger partial charge < -0.3 is 4.90 Å². The SMILES string of the molecule is CC1C=CC(C)(C2CCN(C(C)C)CC2)CCC1. The van der Waals surface area contributed by atoms with E-state index in [4.69, 9.17) is 0 Å². The van der Waals surface area contributed by atoms with Crippen LogP contribution in [0.2, 0.25) is 0 Å². The van der Waals surface area contributed by atoms with Crippen molar-refractivity contribution in [3.63, 3.8) is 0 Å². The summed E-state index contributed by atoms with van der Waals surface area (Å²) >= 11 is 0. The quantitative estimate of drug-likeness (QED) is 0.652. The smallest absolute Gasteiger partial charge is 0.00385 e. The van der Waals surface area contributed by atoms with Gasteiger partial charge in [0.05, 0.1) is 0 Å². The lowest BCUT2D eigenvalue weighted by Gasteiger charge is -2.42. The van der Waals surface area contributed by atoms with Crippen molar-refractivity contribution < 1.29 is 0 Å². The van der Waals surface area contributed by atoms with Gasteiger partial charge in [0.15, 0.2) is 0 Å². The maximum Gasteiger partial charge on any atom is 0.00385 e. The van der Waals surface area contributed by atoms with E-state index in [1.165, 1.54) is 45.2 Å². The van der Waals surface area contributed by atoms with Crippen LogP contribution < -0.4 is 0 Å². The van der Waals surface area contributed by atoms with E-state index < -0.39 is 0 Å². The number of rotatable bonds is 2. The average molecular weight is 249 g/mol. The largest absolute Gasteiger partial charge is 0.301 e. The van der Waals surface area contributed by atoms with E-state index in [9.17, 15) is 0 Å². The molecule has 18 heavy (non-hydrogen) atoms. The van der Waals surface area contributed by atoms with Gasteiger partial charge in [-0.2, -0.15) is 0 Å². The molecule has 1 nitrogen and oxygen atoms in total. The lowest BCUT2D eigenvalue weighted by molar-refractivity contribution is 0.0928. The fourth-order valence-electron chi connectivity index (χ4n) is 3.78. The van der Waals surface area contributed by atoms with Gasteiger partial charge in [0.2, 0.25) is 0 Å². The molecule has 1 heteroatoms. The van der Waals surface area contributed by atoms with E-state index >= 15 is 0 Å². The molecule has 1 aliphatic carbocycles. The minimum absolute atomic E-state index is 0.480. The molecule has 2 unspecified atom stereocenters. The number of likely N-dealkylation sites (tertiary alicyclic amines) is 1. The van der Waals surface area contributed by atoms with Crippen LogP contribution in [-0.2, 0) is 0 Å². The van der Waals surface area contributed by atoms with Crippen LogP contribution in [-0.4, -0.2) is 24.0 Å². The molecule has 0 bridgehead atoms. The zero-order valence-corrected chi connectivity index (χ0v) is 12.8. The van der Waals surface area contributed by atoms with E-state index in [0.717, 1.165) is 17.9 Å². The minimum Gasteiger partial charge on any atom is -0.301 e. The van der Waals surface area contributed by atoms with Crippen LogP contribution in [0.1, 0.15) is 59.8 Å². The van der Waals surface area contributed by atoms with E-state index in [-0.39, 0.29) is 0 Å². The molecule has 2 aliphatic rings. The molecule has 0 aromatic heterocycles. The Morgan fingerprint density at radius 1 is 1.17 bits per heavy atom. The number of allylic oxidation sites excluding steroid dienone is 2. The van der Waals surface area contributed by atoms with E-state index in [2.05, 4.69) is 44.7 Å². The Bertz CT molecular complexity index is 286. The van der Waals surface area contributed by atoms with Gasteiger partial charge in [-0.05, 0) is 69.9 Å².